The molecule has 0 aliphatic carbocycles. The van der Waals surface area contributed by atoms with Crippen LogP contribution in [0.3, 0.4) is 0 Å². The highest BCUT2D eigenvalue weighted by atomic mass is 127. The molecule has 1 fully saturated rings. The van der Waals surface area contributed by atoms with Crippen molar-refractivity contribution >= 4 is 41.3 Å². The summed E-state index contributed by atoms with van der Waals surface area (Å²) in [7, 11) is 1.82. The maximum Gasteiger partial charge on any atom is 0.191 e. The lowest BCUT2D eigenvalue weighted by molar-refractivity contribution is 0.122. The van der Waals surface area contributed by atoms with Crippen LogP contribution in [0, 0.1) is 0 Å². The summed E-state index contributed by atoms with van der Waals surface area (Å²) in [6, 6.07) is 19.2. The lowest BCUT2D eigenvalue weighted by atomic mass is 10.1. The Balaban J connectivity index is 0.00000341. The molecule has 2 aromatic carbocycles. The summed E-state index contributed by atoms with van der Waals surface area (Å²) in [5, 5.41) is 6.91. The third kappa shape index (κ3) is 7.88. The molecule has 7 heteroatoms. The van der Waals surface area contributed by atoms with Gasteiger partial charge in [-0.15, -0.1) is 24.0 Å². The molecule has 0 aromatic heterocycles. The quantitative estimate of drug-likeness (QED) is 0.221. The molecule has 0 saturated carbocycles. The fourth-order valence-corrected chi connectivity index (χ4v) is 3.76. The Labute approximate surface area is 204 Å². The molecule has 0 unspecified atom stereocenters. The second kappa shape index (κ2) is 14.1. The van der Waals surface area contributed by atoms with E-state index >= 15 is 0 Å². The van der Waals surface area contributed by atoms with Crippen molar-refractivity contribution in [2.45, 2.75) is 19.9 Å². The molecular weight excluding hydrogens is 501 g/mol. The van der Waals surface area contributed by atoms with Gasteiger partial charge >= 0.3 is 0 Å². The van der Waals surface area contributed by atoms with E-state index < -0.39 is 0 Å². The Morgan fingerprint density at radius 2 is 1.74 bits per heavy atom. The third-order valence-corrected chi connectivity index (χ3v) is 5.41. The lowest BCUT2D eigenvalue weighted by Gasteiger charge is -2.30. The van der Waals surface area contributed by atoms with Gasteiger partial charge in [0, 0.05) is 57.7 Å². The average molecular weight is 537 g/mol. The molecule has 2 aromatic rings. The molecule has 1 aliphatic heterocycles. The number of rotatable bonds is 9. The number of nitrogens with zero attached hydrogens (tertiary/aromatic N) is 3. The standard InChI is InChI=1S/C24H35N5O.HI/c1-3-28(22-11-5-4-6-12-22)15-9-14-26-24(25-2)27-20-21-10-7-8-13-23(21)29-16-18-30-19-17-29;/h4-8,10-13H,3,9,14-20H2,1-2H3,(H2,25,26,27);1H. The predicted molar refractivity (Wildman–Crippen MR) is 142 cm³/mol. The summed E-state index contributed by atoms with van der Waals surface area (Å²) < 4.78 is 5.49. The summed E-state index contributed by atoms with van der Waals surface area (Å²) in [4.78, 5) is 9.19. The van der Waals surface area contributed by atoms with Crippen molar-refractivity contribution < 1.29 is 4.74 Å². The van der Waals surface area contributed by atoms with E-state index in [2.05, 4.69) is 86.9 Å². The van der Waals surface area contributed by atoms with E-state index in [-0.39, 0.29) is 24.0 Å². The molecule has 0 amide bonds. The van der Waals surface area contributed by atoms with Gasteiger partial charge in [-0.05, 0) is 37.1 Å². The van der Waals surface area contributed by atoms with E-state index in [0.717, 1.165) is 64.9 Å². The van der Waals surface area contributed by atoms with Crippen LogP contribution in [0.2, 0.25) is 0 Å². The van der Waals surface area contributed by atoms with Crippen LogP contribution < -0.4 is 20.4 Å². The summed E-state index contributed by atoms with van der Waals surface area (Å²) in [5.41, 5.74) is 3.84. The number of hydrogen-bond acceptors (Lipinski definition) is 4. The fourth-order valence-electron chi connectivity index (χ4n) is 3.76. The van der Waals surface area contributed by atoms with Crippen LogP contribution in [0.5, 0.6) is 0 Å². The molecule has 0 atom stereocenters. The van der Waals surface area contributed by atoms with Gasteiger partial charge in [0.2, 0.25) is 0 Å². The summed E-state index contributed by atoms with van der Waals surface area (Å²) in [6.45, 7) is 9.34. The Kier molecular flexibility index (Phi) is 11.5. The molecule has 0 radical (unpaired) electrons. The first kappa shape index (κ1) is 25.3. The Morgan fingerprint density at radius 3 is 2.45 bits per heavy atom. The number of nitrogens with one attached hydrogen (secondary N) is 2. The van der Waals surface area contributed by atoms with Gasteiger partial charge in [-0.1, -0.05) is 36.4 Å². The molecule has 170 valence electrons. The summed E-state index contributed by atoms with van der Waals surface area (Å²) in [6.07, 6.45) is 1.05. The molecule has 1 aliphatic rings. The number of morpholine rings is 1. The van der Waals surface area contributed by atoms with Gasteiger partial charge in [0.05, 0.1) is 13.2 Å². The first-order valence-electron chi connectivity index (χ1n) is 11.0. The van der Waals surface area contributed by atoms with Gasteiger partial charge in [0.1, 0.15) is 0 Å². The number of para-hydroxylation sites is 2. The van der Waals surface area contributed by atoms with E-state index in [1.54, 1.807) is 0 Å². The number of aliphatic imine (C=N–C) groups is 1. The molecule has 6 nitrogen and oxygen atoms in total. The summed E-state index contributed by atoms with van der Waals surface area (Å²) in [5.74, 6) is 0.842. The minimum Gasteiger partial charge on any atom is -0.378 e. The zero-order valence-corrected chi connectivity index (χ0v) is 21.0. The number of hydrogen-bond donors (Lipinski definition) is 2. The molecular formula is C24H36IN5O. The highest BCUT2D eigenvalue weighted by Gasteiger charge is 2.14. The monoisotopic (exact) mass is 537 g/mol. The maximum atomic E-state index is 5.49. The van der Waals surface area contributed by atoms with Crippen LogP contribution in [0.4, 0.5) is 11.4 Å². The van der Waals surface area contributed by atoms with Crippen LogP contribution in [-0.2, 0) is 11.3 Å². The van der Waals surface area contributed by atoms with Gasteiger partial charge in [0.25, 0.3) is 0 Å². The van der Waals surface area contributed by atoms with Gasteiger partial charge < -0.3 is 25.2 Å². The van der Waals surface area contributed by atoms with E-state index in [1.165, 1.54) is 16.9 Å². The zero-order chi connectivity index (χ0) is 21.0. The summed E-state index contributed by atoms with van der Waals surface area (Å²) >= 11 is 0. The Morgan fingerprint density at radius 1 is 1.03 bits per heavy atom. The van der Waals surface area contributed by atoms with Crippen LogP contribution in [-0.4, -0.2) is 58.9 Å². The molecule has 0 spiro atoms. The third-order valence-electron chi connectivity index (χ3n) is 5.41. The van der Waals surface area contributed by atoms with Crippen molar-refractivity contribution in [1.82, 2.24) is 10.6 Å². The molecule has 31 heavy (non-hydrogen) atoms. The maximum absolute atomic E-state index is 5.49. The molecule has 0 bridgehead atoms. The average Bonchev–Trinajstić information content (AvgIpc) is 2.82. The topological polar surface area (TPSA) is 52.1 Å². The highest BCUT2D eigenvalue weighted by molar-refractivity contribution is 14.0. The zero-order valence-electron chi connectivity index (χ0n) is 18.7. The van der Waals surface area contributed by atoms with Crippen molar-refractivity contribution in [2.75, 3.05) is 62.8 Å². The number of benzene rings is 2. The Hall–Kier alpha value is -2.00. The van der Waals surface area contributed by atoms with Crippen molar-refractivity contribution in [3.63, 3.8) is 0 Å². The fraction of sp³-hybridized carbons (Fsp3) is 0.458. The lowest BCUT2D eigenvalue weighted by Crippen LogP contribution is -2.39. The van der Waals surface area contributed by atoms with Gasteiger partial charge in [-0.2, -0.15) is 0 Å². The minimum absolute atomic E-state index is 0. The van der Waals surface area contributed by atoms with Crippen LogP contribution in [0.1, 0.15) is 18.9 Å². The van der Waals surface area contributed by atoms with Crippen molar-refractivity contribution in [3.8, 4) is 0 Å². The van der Waals surface area contributed by atoms with Crippen LogP contribution >= 0.6 is 24.0 Å². The number of halogens is 1. The van der Waals surface area contributed by atoms with Crippen LogP contribution in [0.25, 0.3) is 0 Å². The van der Waals surface area contributed by atoms with Gasteiger partial charge in [-0.25, -0.2) is 0 Å². The van der Waals surface area contributed by atoms with E-state index in [0.29, 0.717) is 0 Å². The second-order valence-corrected chi connectivity index (χ2v) is 7.35. The van der Waals surface area contributed by atoms with Crippen molar-refractivity contribution in [3.05, 3.63) is 60.2 Å². The first-order valence-corrected chi connectivity index (χ1v) is 11.0. The molecule has 1 saturated heterocycles. The first-order chi connectivity index (χ1) is 14.8. The second-order valence-electron chi connectivity index (χ2n) is 7.35. The van der Waals surface area contributed by atoms with Crippen molar-refractivity contribution in [1.29, 1.82) is 0 Å². The minimum atomic E-state index is 0. The van der Waals surface area contributed by atoms with E-state index in [4.69, 9.17) is 4.74 Å². The van der Waals surface area contributed by atoms with Crippen LogP contribution in [0.15, 0.2) is 59.6 Å². The molecule has 1 heterocycles. The Bertz CT molecular complexity index is 781. The van der Waals surface area contributed by atoms with Gasteiger partial charge in [-0.3, -0.25) is 4.99 Å². The number of anilines is 2. The van der Waals surface area contributed by atoms with E-state index in [1.807, 2.05) is 7.05 Å². The predicted octanol–water partition coefficient (Wildman–Crippen LogP) is 3.72. The molecule has 3 rings (SSSR count). The van der Waals surface area contributed by atoms with Crippen molar-refractivity contribution in [2.24, 2.45) is 4.99 Å². The van der Waals surface area contributed by atoms with E-state index in [9.17, 15) is 0 Å². The smallest absolute Gasteiger partial charge is 0.191 e. The highest BCUT2D eigenvalue weighted by Crippen LogP contribution is 2.21. The van der Waals surface area contributed by atoms with Gasteiger partial charge in [0.15, 0.2) is 5.96 Å². The normalized spacial score (nSPS) is 14.0. The largest absolute Gasteiger partial charge is 0.378 e. The molecule has 2 N–H and O–H groups in total. The SMILES string of the molecule is CCN(CCCNC(=NC)NCc1ccccc1N1CCOCC1)c1ccccc1.I. The number of guanidine groups is 1. The number of ether oxygens (including phenoxy) is 1.